The monoisotopic (exact) mass is 604 g/mol. The second kappa shape index (κ2) is 17.9. The number of carbonyl (C=O) groups is 5. The molecule has 0 radical (unpaired) electrons. The van der Waals surface area contributed by atoms with Crippen molar-refractivity contribution in [3.05, 3.63) is 0 Å². The van der Waals surface area contributed by atoms with Gasteiger partial charge in [-0.3, -0.25) is 19.2 Å². The maximum atomic E-state index is 12.1. The van der Waals surface area contributed by atoms with Crippen LogP contribution in [0, 0.1) is 0 Å². The van der Waals surface area contributed by atoms with Gasteiger partial charge in [0.2, 0.25) is 0 Å². The molecule has 0 saturated carbocycles. The molecule has 0 aliphatic carbocycles. The average Bonchev–Trinajstić information content (AvgIpc) is 2.85. The molecular weight excluding hydrogens is 556 g/mol. The molecule has 1 fully saturated rings. The zero-order chi connectivity index (χ0) is 31.9. The standard InChI is InChI=1S/C28H48N2O12/c1-9-30(13-10-12-29-26(35)42-27(6,7)8)14-11-15-36-25-24(39-21(4)33)28(41-22(5)34,18-38-20(3)32)16-23(40-25)17-37-19(2)31/h23-25H,9-18H2,1-8H3,(H,29,35). The van der Waals surface area contributed by atoms with Gasteiger partial charge in [0.25, 0.3) is 0 Å². The van der Waals surface area contributed by atoms with Gasteiger partial charge in [0.15, 0.2) is 18.0 Å². The molecule has 0 aromatic rings. The van der Waals surface area contributed by atoms with E-state index < -0.39 is 66.3 Å². The molecule has 1 amide bonds. The Morgan fingerprint density at radius 1 is 0.929 bits per heavy atom. The van der Waals surface area contributed by atoms with Gasteiger partial charge in [-0.1, -0.05) is 6.92 Å². The molecule has 14 nitrogen and oxygen atoms in total. The molecule has 42 heavy (non-hydrogen) atoms. The van der Waals surface area contributed by atoms with Crippen molar-refractivity contribution < 1.29 is 57.1 Å². The summed E-state index contributed by atoms with van der Waals surface area (Å²) in [6.45, 7) is 14.4. The molecule has 1 heterocycles. The third-order valence-corrected chi connectivity index (χ3v) is 5.96. The minimum absolute atomic E-state index is 0.0914. The van der Waals surface area contributed by atoms with E-state index in [9.17, 15) is 24.0 Å². The Labute approximate surface area is 247 Å². The van der Waals surface area contributed by atoms with Crippen molar-refractivity contribution in [2.24, 2.45) is 0 Å². The second-order valence-corrected chi connectivity index (χ2v) is 11.0. The summed E-state index contributed by atoms with van der Waals surface area (Å²) in [6, 6.07) is 0. The Morgan fingerprint density at radius 3 is 2.12 bits per heavy atom. The van der Waals surface area contributed by atoms with Gasteiger partial charge in [0.05, 0.1) is 12.7 Å². The van der Waals surface area contributed by atoms with Crippen molar-refractivity contribution in [3.63, 3.8) is 0 Å². The van der Waals surface area contributed by atoms with Gasteiger partial charge in [0, 0.05) is 47.2 Å². The number of nitrogens with one attached hydrogen (secondary N) is 1. The van der Waals surface area contributed by atoms with Gasteiger partial charge < -0.3 is 43.4 Å². The summed E-state index contributed by atoms with van der Waals surface area (Å²) in [7, 11) is 0. The van der Waals surface area contributed by atoms with Crippen LogP contribution in [0.15, 0.2) is 0 Å². The van der Waals surface area contributed by atoms with Crippen molar-refractivity contribution in [2.45, 2.75) is 104 Å². The Balaban J connectivity index is 2.89. The first-order chi connectivity index (χ1) is 19.6. The first kappa shape index (κ1) is 37.1. The van der Waals surface area contributed by atoms with Crippen LogP contribution in [0.25, 0.3) is 0 Å². The van der Waals surface area contributed by atoms with Crippen molar-refractivity contribution in [1.29, 1.82) is 0 Å². The van der Waals surface area contributed by atoms with Crippen LogP contribution in [0.5, 0.6) is 0 Å². The lowest BCUT2D eigenvalue weighted by Crippen LogP contribution is -2.64. The Morgan fingerprint density at radius 2 is 1.57 bits per heavy atom. The molecule has 4 unspecified atom stereocenters. The third kappa shape index (κ3) is 14.8. The van der Waals surface area contributed by atoms with Crippen molar-refractivity contribution in [1.82, 2.24) is 10.2 Å². The molecule has 0 aromatic heterocycles. The average molecular weight is 605 g/mol. The number of alkyl carbamates (subject to hydrolysis) is 1. The van der Waals surface area contributed by atoms with Crippen LogP contribution in [-0.2, 0) is 52.3 Å². The van der Waals surface area contributed by atoms with Gasteiger partial charge in [-0.15, -0.1) is 0 Å². The maximum Gasteiger partial charge on any atom is 0.407 e. The van der Waals surface area contributed by atoms with Crippen LogP contribution in [0.2, 0.25) is 0 Å². The van der Waals surface area contributed by atoms with E-state index in [4.69, 9.17) is 33.2 Å². The highest BCUT2D eigenvalue weighted by Gasteiger charge is 2.56. The Bertz CT molecular complexity index is 906. The highest BCUT2D eigenvalue weighted by Crippen LogP contribution is 2.36. The number of hydrogen-bond acceptors (Lipinski definition) is 13. The SMILES string of the molecule is CCN(CCCNC(=O)OC(C)(C)C)CCCOC1OC(COC(C)=O)CC(COC(C)=O)(OC(C)=O)C1OC(C)=O. The molecule has 1 aliphatic heterocycles. The number of nitrogens with zero attached hydrogens (tertiary/aromatic N) is 1. The highest BCUT2D eigenvalue weighted by atomic mass is 16.7. The van der Waals surface area contributed by atoms with Gasteiger partial charge in [-0.25, -0.2) is 4.79 Å². The van der Waals surface area contributed by atoms with Crippen molar-refractivity contribution in [3.8, 4) is 0 Å². The summed E-state index contributed by atoms with van der Waals surface area (Å²) in [5.74, 6) is -2.57. The molecule has 1 saturated heterocycles. The van der Waals surface area contributed by atoms with E-state index in [-0.39, 0.29) is 19.6 Å². The van der Waals surface area contributed by atoms with Gasteiger partial charge in [0.1, 0.15) is 18.8 Å². The number of carbonyl (C=O) groups excluding carboxylic acids is 5. The van der Waals surface area contributed by atoms with Gasteiger partial charge in [-0.05, 0) is 46.7 Å². The molecule has 1 rings (SSSR count). The van der Waals surface area contributed by atoms with E-state index in [1.807, 2.05) is 6.92 Å². The summed E-state index contributed by atoms with van der Waals surface area (Å²) >= 11 is 0. The zero-order valence-corrected chi connectivity index (χ0v) is 26.1. The van der Waals surface area contributed by atoms with E-state index in [0.29, 0.717) is 25.9 Å². The lowest BCUT2D eigenvalue weighted by atomic mass is 9.86. The number of amides is 1. The maximum absolute atomic E-state index is 12.1. The molecule has 1 aliphatic rings. The van der Waals surface area contributed by atoms with Crippen LogP contribution in [0.1, 0.15) is 74.7 Å². The predicted octanol–water partition coefficient (Wildman–Crippen LogP) is 2.10. The summed E-state index contributed by atoms with van der Waals surface area (Å²) in [5.41, 5.74) is -2.21. The van der Waals surface area contributed by atoms with E-state index in [0.717, 1.165) is 13.1 Å². The van der Waals surface area contributed by atoms with Crippen LogP contribution in [0.3, 0.4) is 0 Å². The molecular formula is C28H48N2O12. The largest absolute Gasteiger partial charge is 0.463 e. The normalized spacial score (nSPS) is 22.2. The highest BCUT2D eigenvalue weighted by molar-refractivity contribution is 5.69. The fourth-order valence-electron chi connectivity index (χ4n) is 4.34. The van der Waals surface area contributed by atoms with Crippen LogP contribution < -0.4 is 5.32 Å². The lowest BCUT2D eigenvalue weighted by Gasteiger charge is -2.47. The summed E-state index contributed by atoms with van der Waals surface area (Å²) in [5, 5.41) is 2.74. The molecule has 0 aromatic carbocycles. The first-order valence-corrected chi connectivity index (χ1v) is 14.2. The van der Waals surface area contributed by atoms with E-state index in [1.54, 1.807) is 20.8 Å². The summed E-state index contributed by atoms with van der Waals surface area (Å²) in [4.78, 5) is 61.3. The molecule has 0 bridgehead atoms. The predicted molar refractivity (Wildman–Crippen MR) is 148 cm³/mol. The number of ether oxygens (including phenoxy) is 7. The quantitative estimate of drug-likeness (QED) is 0.155. The zero-order valence-electron chi connectivity index (χ0n) is 26.1. The van der Waals surface area contributed by atoms with Gasteiger partial charge >= 0.3 is 30.0 Å². The number of esters is 4. The topological polar surface area (TPSA) is 165 Å². The first-order valence-electron chi connectivity index (χ1n) is 14.2. The Kier molecular flexibility index (Phi) is 15.8. The summed E-state index contributed by atoms with van der Waals surface area (Å²) in [6.07, 6.45) is -2.57. The fourth-order valence-corrected chi connectivity index (χ4v) is 4.34. The number of hydrogen-bond donors (Lipinski definition) is 1. The van der Waals surface area contributed by atoms with Crippen molar-refractivity contribution >= 4 is 30.0 Å². The second-order valence-electron chi connectivity index (χ2n) is 11.0. The van der Waals surface area contributed by atoms with Crippen LogP contribution in [-0.4, -0.2) is 111 Å². The lowest BCUT2D eigenvalue weighted by molar-refractivity contribution is -0.310. The Hall–Kier alpha value is -2.97. The summed E-state index contributed by atoms with van der Waals surface area (Å²) < 4.78 is 38.7. The van der Waals surface area contributed by atoms with Crippen LogP contribution >= 0.6 is 0 Å². The van der Waals surface area contributed by atoms with Crippen LogP contribution in [0.4, 0.5) is 4.79 Å². The third-order valence-electron chi connectivity index (χ3n) is 5.96. The molecule has 0 spiro atoms. The minimum atomic E-state index is -1.65. The molecule has 14 heteroatoms. The smallest absolute Gasteiger partial charge is 0.407 e. The van der Waals surface area contributed by atoms with Crippen molar-refractivity contribution in [2.75, 3.05) is 46.0 Å². The minimum Gasteiger partial charge on any atom is -0.463 e. The molecule has 1 N–H and O–H groups in total. The fraction of sp³-hybridized carbons (Fsp3) is 0.821. The van der Waals surface area contributed by atoms with E-state index in [2.05, 4.69) is 10.2 Å². The van der Waals surface area contributed by atoms with Gasteiger partial charge in [-0.2, -0.15) is 0 Å². The molecule has 242 valence electrons. The van der Waals surface area contributed by atoms with E-state index in [1.165, 1.54) is 27.7 Å². The molecule has 4 atom stereocenters. The van der Waals surface area contributed by atoms with E-state index >= 15 is 0 Å². The number of rotatable bonds is 16.